The van der Waals surface area contributed by atoms with Gasteiger partial charge in [-0.05, 0) is 13.8 Å². The highest BCUT2D eigenvalue weighted by Gasteiger charge is 2.04. The highest BCUT2D eigenvalue weighted by Crippen LogP contribution is 2.12. The molecule has 0 aromatic carbocycles. The van der Waals surface area contributed by atoms with Crippen molar-refractivity contribution in [2.24, 2.45) is 0 Å². The third kappa shape index (κ3) is 2.28. The maximum atomic E-state index is 5.58. The molecule has 2 N–H and O–H groups in total. The molecule has 2 aromatic heterocycles. The summed E-state index contributed by atoms with van der Waals surface area (Å²) < 4.78 is 7.03. The number of aromatic nitrogens is 4. The fourth-order valence-corrected chi connectivity index (χ4v) is 1.22. The minimum Gasteiger partial charge on any atom is -0.475 e. The lowest BCUT2D eigenvalue weighted by atomic mass is 10.5. The normalized spacial score (nSPS) is 10.7. The number of nitrogens with zero attached hydrogens (tertiary/aromatic N) is 4. The van der Waals surface area contributed by atoms with Crippen LogP contribution in [0.3, 0.4) is 0 Å². The molecule has 6 heteroatoms. The maximum absolute atomic E-state index is 5.58. The van der Waals surface area contributed by atoms with Crippen LogP contribution in [0.1, 0.15) is 13.8 Å². The van der Waals surface area contributed by atoms with Gasteiger partial charge in [-0.15, -0.1) is 0 Å². The van der Waals surface area contributed by atoms with E-state index >= 15 is 0 Å². The lowest BCUT2D eigenvalue weighted by molar-refractivity contribution is 0.232. The zero-order valence-corrected chi connectivity index (χ0v) is 9.16. The van der Waals surface area contributed by atoms with Gasteiger partial charge in [0.15, 0.2) is 5.82 Å². The van der Waals surface area contributed by atoms with Crippen molar-refractivity contribution in [3.8, 4) is 11.7 Å². The third-order valence-electron chi connectivity index (χ3n) is 1.82. The molecule has 0 bridgehead atoms. The molecule has 2 heterocycles. The smallest absolute Gasteiger partial charge is 0.218 e. The molecular formula is C10H13N5O. The summed E-state index contributed by atoms with van der Waals surface area (Å²) in [4.78, 5) is 8.09. The Morgan fingerprint density at radius 3 is 2.81 bits per heavy atom. The number of nitrogens with two attached hydrogens (primary N) is 1. The molecule has 0 saturated carbocycles. The van der Waals surface area contributed by atoms with Crippen molar-refractivity contribution in [3.63, 3.8) is 0 Å². The fraction of sp³-hybridized carbons (Fsp3) is 0.300. The molecule has 0 saturated heterocycles. The van der Waals surface area contributed by atoms with Gasteiger partial charge in [-0.3, -0.25) is 0 Å². The Morgan fingerprint density at radius 2 is 2.19 bits per heavy atom. The molecule has 0 spiro atoms. The van der Waals surface area contributed by atoms with Crippen LogP contribution in [0.25, 0.3) is 5.82 Å². The van der Waals surface area contributed by atoms with Crippen LogP contribution in [0.15, 0.2) is 24.8 Å². The molecule has 0 aliphatic rings. The summed E-state index contributed by atoms with van der Waals surface area (Å²) in [6, 6.07) is 1.71. The minimum atomic E-state index is 0.0745. The van der Waals surface area contributed by atoms with Gasteiger partial charge in [0.25, 0.3) is 0 Å². The monoisotopic (exact) mass is 219 g/mol. The van der Waals surface area contributed by atoms with Crippen molar-refractivity contribution in [2.75, 3.05) is 5.73 Å². The second-order valence-corrected chi connectivity index (χ2v) is 3.60. The SMILES string of the molecule is CC(C)Oc1cc(-n2cc(N)cn2)ncn1. The summed E-state index contributed by atoms with van der Waals surface area (Å²) in [6.45, 7) is 3.88. The first-order chi connectivity index (χ1) is 7.65. The van der Waals surface area contributed by atoms with Gasteiger partial charge in [-0.1, -0.05) is 0 Å². The first-order valence-electron chi connectivity index (χ1n) is 4.94. The van der Waals surface area contributed by atoms with Crippen LogP contribution in [0.2, 0.25) is 0 Å². The molecule has 0 aliphatic carbocycles. The Balaban J connectivity index is 2.28. The lowest BCUT2D eigenvalue weighted by Gasteiger charge is -2.08. The molecule has 16 heavy (non-hydrogen) atoms. The highest BCUT2D eigenvalue weighted by molar-refractivity contribution is 5.35. The van der Waals surface area contributed by atoms with Gasteiger partial charge in [-0.2, -0.15) is 5.10 Å². The minimum absolute atomic E-state index is 0.0745. The highest BCUT2D eigenvalue weighted by atomic mass is 16.5. The molecular weight excluding hydrogens is 206 g/mol. The summed E-state index contributed by atoms with van der Waals surface area (Å²) in [5, 5.41) is 4.05. The van der Waals surface area contributed by atoms with E-state index in [0.717, 1.165) is 0 Å². The van der Waals surface area contributed by atoms with Crippen molar-refractivity contribution in [3.05, 3.63) is 24.8 Å². The topological polar surface area (TPSA) is 78.9 Å². The lowest BCUT2D eigenvalue weighted by Crippen LogP contribution is -2.08. The fourth-order valence-electron chi connectivity index (χ4n) is 1.22. The zero-order chi connectivity index (χ0) is 11.5. The number of rotatable bonds is 3. The number of ether oxygens (including phenoxy) is 1. The van der Waals surface area contributed by atoms with Crippen LogP contribution in [-0.2, 0) is 0 Å². The van der Waals surface area contributed by atoms with Gasteiger partial charge < -0.3 is 10.5 Å². The second-order valence-electron chi connectivity index (χ2n) is 3.60. The summed E-state index contributed by atoms with van der Waals surface area (Å²) in [7, 11) is 0. The molecule has 0 amide bonds. The summed E-state index contributed by atoms with van der Waals surface area (Å²) in [5.74, 6) is 1.15. The van der Waals surface area contributed by atoms with E-state index < -0.39 is 0 Å². The number of nitrogen functional groups attached to an aromatic ring is 1. The molecule has 6 nitrogen and oxygen atoms in total. The summed E-state index contributed by atoms with van der Waals surface area (Å²) in [5.41, 5.74) is 6.16. The Morgan fingerprint density at radius 1 is 1.38 bits per heavy atom. The summed E-state index contributed by atoms with van der Waals surface area (Å²) >= 11 is 0. The van der Waals surface area contributed by atoms with E-state index in [9.17, 15) is 0 Å². The van der Waals surface area contributed by atoms with Gasteiger partial charge in [-0.25, -0.2) is 14.6 Å². The van der Waals surface area contributed by atoms with E-state index in [-0.39, 0.29) is 6.10 Å². The molecule has 2 rings (SSSR count). The molecule has 0 unspecified atom stereocenters. The van der Waals surface area contributed by atoms with Gasteiger partial charge in [0.2, 0.25) is 5.88 Å². The van der Waals surface area contributed by atoms with E-state index in [1.165, 1.54) is 6.33 Å². The van der Waals surface area contributed by atoms with Gasteiger partial charge in [0.05, 0.1) is 24.2 Å². The third-order valence-corrected chi connectivity index (χ3v) is 1.82. The van der Waals surface area contributed by atoms with E-state index in [0.29, 0.717) is 17.4 Å². The van der Waals surface area contributed by atoms with Crippen LogP contribution in [0.5, 0.6) is 5.88 Å². The Bertz CT molecular complexity index is 480. The van der Waals surface area contributed by atoms with Crippen molar-refractivity contribution in [1.29, 1.82) is 0 Å². The van der Waals surface area contributed by atoms with Crippen LogP contribution >= 0.6 is 0 Å². The standard InChI is InChI=1S/C10H13N5O/c1-7(2)16-10-3-9(12-6-13-10)15-5-8(11)4-14-15/h3-7H,11H2,1-2H3. The predicted molar refractivity (Wildman–Crippen MR) is 59.3 cm³/mol. The first-order valence-corrected chi connectivity index (χ1v) is 4.94. The first kappa shape index (κ1) is 10.4. The molecule has 0 radical (unpaired) electrons. The van der Waals surface area contributed by atoms with Crippen LogP contribution in [0, 0.1) is 0 Å². The molecule has 0 fully saturated rings. The average molecular weight is 219 g/mol. The molecule has 0 atom stereocenters. The molecule has 84 valence electrons. The van der Waals surface area contributed by atoms with E-state index in [2.05, 4.69) is 15.1 Å². The number of anilines is 1. The van der Waals surface area contributed by atoms with Gasteiger partial charge in [0, 0.05) is 6.07 Å². The van der Waals surface area contributed by atoms with E-state index in [1.807, 2.05) is 13.8 Å². The molecule has 0 aliphatic heterocycles. The van der Waals surface area contributed by atoms with Gasteiger partial charge in [0.1, 0.15) is 6.33 Å². The second kappa shape index (κ2) is 4.18. The predicted octanol–water partition coefficient (Wildman–Crippen LogP) is 1.03. The average Bonchev–Trinajstić information content (AvgIpc) is 2.64. The quantitative estimate of drug-likeness (QED) is 0.834. The zero-order valence-electron chi connectivity index (χ0n) is 9.16. The number of hydrogen-bond donors (Lipinski definition) is 1. The van der Waals surface area contributed by atoms with Gasteiger partial charge >= 0.3 is 0 Å². The van der Waals surface area contributed by atoms with Crippen molar-refractivity contribution in [2.45, 2.75) is 20.0 Å². The maximum Gasteiger partial charge on any atom is 0.218 e. The Kier molecular flexibility index (Phi) is 2.72. The van der Waals surface area contributed by atoms with Crippen molar-refractivity contribution in [1.82, 2.24) is 19.7 Å². The summed E-state index contributed by atoms with van der Waals surface area (Å²) in [6.07, 6.45) is 4.75. The van der Waals surface area contributed by atoms with Crippen LogP contribution < -0.4 is 10.5 Å². The van der Waals surface area contributed by atoms with Crippen molar-refractivity contribution >= 4 is 5.69 Å². The van der Waals surface area contributed by atoms with E-state index in [1.54, 1.807) is 23.1 Å². The van der Waals surface area contributed by atoms with Crippen molar-refractivity contribution < 1.29 is 4.74 Å². The van der Waals surface area contributed by atoms with Crippen LogP contribution in [-0.4, -0.2) is 25.9 Å². The Hall–Kier alpha value is -2.11. The largest absolute Gasteiger partial charge is 0.475 e. The molecule has 2 aromatic rings. The Labute approximate surface area is 93.1 Å². The van der Waals surface area contributed by atoms with Crippen LogP contribution in [0.4, 0.5) is 5.69 Å². The number of hydrogen-bond acceptors (Lipinski definition) is 5. The van der Waals surface area contributed by atoms with E-state index in [4.69, 9.17) is 10.5 Å².